The van der Waals surface area contributed by atoms with Crippen molar-refractivity contribution >= 4 is 17.4 Å². The number of nitrogens with zero attached hydrogens (tertiary/aromatic N) is 2. The van der Waals surface area contributed by atoms with Gasteiger partial charge in [0.1, 0.15) is 5.69 Å². The maximum absolute atomic E-state index is 12.6. The zero-order chi connectivity index (χ0) is 21.3. The van der Waals surface area contributed by atoms with Crippen LogP contribution >= 0.6 is 11.8 Å². The van der Waals surface area contributed by atoms with Gasteiger partial charge in [-0.3, -0.25) is 13.9 Å². The molecule has 1 atom stereocenters. The van der Waals surface area contributed by atoms with Gasteiger partial charge in [-0.15, -0.1) is 11.8 Å². The lowest BCUT2D eigenvalue weighted by atomic mass is 9.96. The number of thioether (sulfide) groups is 1. The van der Waals surface area contributed by atoms with E-state index in [1.807, 2.05) is 6.92 Å². The first-order chi connectivity index (χ1) is 13.2. The summed E-state index contributed by atoms with van der Waals surface area (Å²) < 4.78 is 2.69. The Morgan fingerprint density at radius 1 is 1.07 bits per heavy atom. The minimum absolute atomic E-state index is 0.270. The Morgan fingerprint density at radius 2 is 1.75 bits per heavy atom. The molecule has 1 rings (SSSR count). The van der Waals surface area contributed by atoms with Gasteiger partial charge in [-0.1, -0.05) is 53.0 Å². The van der Waals surface area contributed by atoms with Crippen molar-refractivity contribution in [3.63, 3.8) is 0 Å². The Balaban J connectivity index is 3.02. The van der Waals surface area contributed by atoms with Crippen molar-refractivity contribution < 1.29 is 0 Å². The standard InChI is InChI=1S/C22H39N3O2S/c1-8-10-12-19(28-15-18(11-9-2)14-13-16(3)4)23-20-17(5)24(6)22(27)25(7)21(20)26/h12,16,18,23H,8-11,13-15H2,1-7H3/b19-12-. The maximum atomic E-state index is 12.6. The van der Waals surface area contributed by atoms with Crippen LogP contribution in [0.3, 0.4) is 0 Å². The van der Waals surface area contributed by atoms with E-state index in [1.54, 1.807) is 18.8 Å². The predicted octanol–water partition coefficient (Wildman–Crippen LogP) is 5.03. The molecule has 6 heteroatoms. The van der Waals surface area contributed by atoms with Crippen molar-refractivity contribution in [2.24, 2.45) is 25.9 Å². The molecule has 0 saturated heterocycles. The molecule has 0 amide bonds. The molecule has 1 heterocycles. The number of hydrogen-bond acceptors (Lipinski definition) is 4. The predicted molar refractivity (Wildman–Crippen MR) is 123 cm³/mol. The van der Waals surface area contributed by atoms with Crippen LogP contribution < -0.4 is 16.6 Å². The van der Waals surface area contributed by atoms with E-state index in [0.717, 1.165) is 29.5 Å². The van der Waals surface area contributed by atoms with Gasteiger partial charge < -0.3 is 5.32 Å². The van der Waals surface area contributed by atoms with E-state index in [9.17, 15) is 9.59 Å². The summed E-state index contributed by atoms with van der Waals surface area (Å²) in [5.41, 5.74) is 0.597. The molecule has 28 heavy (non-hydrogen) atoms. The van der Waals surface area contributed by atoms with Crippen molar-refractivity contribution in [1.29, 1.82) is 0 Å². The molecule has 0 aliphatic rings. The quantitative estimate of drug-likeness (QED) is 0.526. The van der Waals surface area contributed by atoms with Crippen molar-refractivity contribution in [3.05, 3.63) is 37.6 Å². The lowest BCUT2D eigenvalue weighted by Gasteiger charge is -2.20. The summed E-state index contributed by atoms with van der Waals surface area (Å²) in [5.74, 6) is 2.47. The number of allylic oxidation sites excluding steroid dienone is 1. The average Bonchev–Trinajstić information content (AvgIpc) is 2.67. The van der Waals surface area contributed by atoms with Crippen LogP contribution in [-0.2, 0) is 14.1 Å². The van der Waals surface area contributed by atoms with Gasteiger partial charge in [-0.2, -0.15) is 0 Å². The third-order valence-corrected chi connectivity index (χ3v) is 6.37. The van der Waals surface area contributed by atoms with Crippen LogP contribution in [-0.4, -0.2) is 14.9 Å². The zero-order valence-corrected chi connectivity index (χ0v) is 19.6. The van der Waals surface area contributed by atoms with E-state index < -0.39 is 0 Å². The molecular formula is C22H39N3O2S. The Kier molecular flexibility index (Phi) is 10.7. The third kappa shape index (κ3) is 7.19. The second kappa shape index (κ2) is 12.2. The molecule has 0 saturated carbocycles. The summed E-state index contributed by atoms with van der Waals surface area (Å²) in [6.45, 7) is 10.8. The molecule has 1 aromatic rings. The fourth-order valence-electron chi connectivity index (χ4n) is 3.13. The van der Waals surface area contributed by atoms with Crippen LogP contribution in [0.25, 0.3) is 0 Å². The summed E-state index contributed by atoms with van der Waals surface area (Å²) in [6, 6.07) is 0. The normalized spacial score (nSPS) is 13.2. The van der Waals surface area contributed by atoms with E-state index in [-0.39, 0.29) is 11.2 Å². The van der Waals surface area contributed by atoms with Gasteiger partial charge >= 0.3 is 5.69 Å². The van der Waals surface area contributed by atoms with Gasteiger partial charge in [-0.05, 0) is 38.0 Å². The van der Waals surface area contributed by atoms with Crippen LogP contribution in [0.4, 0.5) is 5.69 Å². The second-order valence-electron chi connectivity index (χ2n) is 8.09. The molecule has 1 unspecified atom stereocenters. The zero-order valence-electron chi connectivity index (χ0n) is 18.8. The van der Waals surface area contributed by atoms with Crippen LogP contribution in [0.15, 0.2) is 20.7 Å². The average molecular weight is 410 g/mol. The van der Waals surface area contributed by atoms with Crippen molar-refractivity contribution in [2.45, 2.75) is 73.1 Å². The molecule has 0 aliphatic carbocycles. The Bertz CT molecular complexity index is 762. The third-order valence-electron chi connectivity index (χ3n) is 5.15. The van der Waals surface area contributed by atoms with Gasteiger partial charge in [0.25, 0.3) is 5.56 Å². The highest BCUT2D eigenvalue weighted by molar-refractivity contribution is 8.03. The summed E-state index contributed by atoms with van der Waals surface area (Å²) >= 11 is 1.80. The molecule has 1 aromatic heterocycles. The lowest BCUT2D eigenvalue weighted by Crippen LogP contribution is -2.39. The van der Waals surface area contributed by atoms with Gasteiger partial charge in [0.15, 0.2) is 0 Å². The van der Waals surface area contributed by atoms with Gasteiger partial charge in [0.2, 0.25) is 0 Å². The van der Waals surface area contributed by atoms with Crippen LogP contribution in [0.1, 0.15) is 71.9 Å². The smallest absolute Gasteiger partial charge is 0.330 e. The first kappa shape index (κ1) is 24.6. The fourth-order valence-corrected chi connectivity index (χ4v) is 4.29. The van der Waals surface area contributed by atoms with E-state index in [2.05, 4.69) is 39.1 Å². The monoisotopic (exact) mass is 409 g/mol. The minimum atomic E-state index is -0.295. The minimum Gasteiger partial charge on any atom is -0.345 e. The van der Waals surface area contributed by atoms with Gasteiger partial charge in [-0.25, -0.2) is 4.79 Å². The lowest BCUT2D eigenvalue weighted by molar-refractivity contribution is 0.430. The van der Waals surface area contributed by atoms with E-state index in [4.69, 9.17) is 0 Å². The van der Waals surface area contributed by atoms with Crippen molar-refractivity contribution in [3.8, 4) is 0 Å². The second-order valence-corrected chi connectivity index (χ2v) is 9.15. The van der Waals surface area contributed by atoms with Crippen LogP contribution in [0.2, 0.25) is 0 Å². The summed E-state index contributed by atoms with van der Waals surface area (Å²) in [7, 11) is 3.23. The van der Waals surface area contributed by atoms with Crippen molar-refractivity contribution in [2.75, 3.05) is 11.1 Å². The fraction of sp³-hybridized carbons (Fsp3) is 0.727. The van der Waals surface area contributed by atoms with E-state index >= 15 is 0 Å². The molecule has 0 spiro atoms. The highest BCUT2D eigenvalue weighted by atomic mass is 32.2. The molecule has 5 nitrogen and oxygen atoms in total. The van der Waals surface area contributed by atoms with E-state index in [0.29, 0.717) is 17.3 Å². The highest BCUT2D eigenvalue weighted by Crippen LogP contribution is 2.27. The maximum Gasteiger partial charge on any atom is 0.330 e. The number of hydrogen-bond donors (Lipinski definition) is 1. The summed E-state index contributed by atoms with van der Waals surface area (Å²) in [6.07, 6.45) is 9.15. The molecule has 0 radical (unpaired) electrons. The summed E-state index contributed by atoms with van der Waals surface area (Å²) in [4.78, 5) is 24.8. The SMILES string of the molecule is CCC/C=C(/Nc1c(C)n(C)c(=O)n(C)c1=O)SCC(CCC)CCC(C)C. The summed E-state index contributed by atoms with van der Waals surface area (Å²) in [5, 5.41) is 4.37. The van der Waals surface area contributed by atoms with E-state index in [1.165, 1.54) is 41.9 Å². The molecule has 0 aliphatic heterocycles. The first-order valence-electron chi connectivity index (χ1n) is 10.6. The Hall–Kier alpha value is -1.43. The molecule has 0 bridgehead atoms. The Labute approximate surface area is 174 Å². The molecule has 160 valence electrons. The highest BCUT2D eigenvalue weighted by Gasteiger charge is 2.15. The number of nitrogens with one attached hydrogen (secondary N) is 1. The Morgan fingerprint density at radius 3 is 2.32 bits per heavy atom. The molecule has 0 fully saturated rings. The number of aromatic nitrogens is 2. The topological polar surface area (TPSA) is 56.0 Å². The number of rotatable bonds is 12. The van der Waals surface area contributed by atoms with Crippen molar-refractivity contribution in [1.82, 2.24) is 9.13 Å². The molecular weight excluding hydrogens is 370 g/mol. The van der Waals surface area contributed by atoms with Crippen LogP contribution in [0, 0.1) is 18.8 Å². The van der Waals surface area contributed by atoms with Gasteiger partial charge in [0, 0.05) is 25.5 Å². The number of anilines is 1. The van der Waals surface area contributed by atoms with Gasteiger partial charge in [0.05, 0.1) is 5.03 Å². The first-order valence-corrected chi connectivity index (χ1v) is 11.6. The number of unbranched alkanes of at least 4 members (excludes halogenated alkanes) is 1. The molecule has 1 N–H and O–H groups in total. The molecule has 0 aromatic carbocycles. The largest absolute Gasteiger partial charge is 0.345 e. The van der Waals surface area contributed by atoms with Crippen LogP contribution in [0.5, 0.6) is 0 Å².